The normalized spacial score (nSPS) is 12.9. The van der Waals surface area contributed by atoms with Crippen LogP contribution in [0.15, 0.2) is 24.3 Å². The molecule has 0 spiro atoms. The first-order valence-corrected chi connectivity index (χ1v) is 6.06. The fraction of sp³-hybridized carbons (Fsp3) is 0.462. The van der Waals surface area contributed by atoms with Gasteiger partial charge in [0.05, 0.1) is 12.6 Å². The lowest BCUT2D eigenvalue weighted by Gasteiger charge is -2.20. The zero-order valence-corrected chi connectivity index (χ0v) is 11.5. The van der Waals surface area contributed by atoms with Crippen LogP contribution in [0.4, 0.5) is 4.79 Å². The molecule has 1 amide bonds. The van der Waals surface area contributed by atoms with E-state index in [2.05, 4.69) is 5.32 Å². The Morgan fingerprint density at radius 1 is 1.39 bits per heavy atom. The number of halogens is 1. The summed E-state index contributed by atoms with van der Waals surface area (Å²) in [4.78, 5) is 11.4. The molecule has 0 aliphatic rings. The lowest BCUT2D eigenvalue weighted by atomic mass is 10.1. The number of carbonyl (C=O) groups is 1. The van der Waals surface area contributed by atoms with Gasteiger partial charge in [-0.25, -0.2) is 4.79 Å². The van der Waals surface area contributed by atoms with Crippen LogP contribution in [0.5, 0.6) is 0 Å². The fourth-order valence-electron chi connectivity index (χ4n) is 1.30. The van der Waals surface area contributed by atoms with Crippen LogP contribution in [-0.4, -0.2) is 23.3 Å². The monoisotopic (exact) mass is 271 g/mol. The van der Waals surface area contributed by atoms with Crippen LogP contribution in [0.2, 0.25) is 5.02 Å². The van der Waals surface area contributed by atoms with Crippen molar-refractivity contribution in [2.24, 2.45) is 0 Å². The van der Waals surface area contributed by atoms with Gasteiger partial charge in [-0.2, -0.15) is 0 Å². The Morgan fingerprint density at radius 2 is 1.94 bits per heavy atom. The number of aliphatic hydroxyl groups excluding tert-OH is 1. The summed E-state index contributed by atoms with van der Waals surface area (Å²) < 4.78 is 5.06. The van der Waals surface area contributed by atoms with Gasteiger partial charge in [0.2, 0.25) is 0 Å². The Bertz CT molecular complexity index is 398. The molecule has 0 saturated heterocycles. The maximum atomic E-state index is 11.4. The zero-order chi connectivity index (χ0) is 13.8. The lowest BCUT2D eigenvalue weighted by Crippen LogP contribution is -2.34. The molecule has 100 valence electrons. The molecule has 0 radical (unpaired) electrons. The van der Waals surface area contributed by atoms with Crippen LogP contribution in [0.1, 0.15) is 32.4 Å². The van der Waals surface area contributed by atoms with Crippen molar-refractivity contribution in [1.29, 1.82) is 0 Å². The molecule has 0 aliphatic heterocycles. The molecular weight excluding hydrogens is 254 g/mol. The van der Waals surface area contributed by atoms with Crippen LogP contribution < -0.4 is 5.32 Å². The molecule has 4 nitrogen and oxygen atoms in total. The molecule has 0 aromatic heterocycles. The fourth-order valence-corrected chi connectivity index (χ4v) is 1.42. The van der Waals surface area contributed by atoms with Crippen LogP contribution in [0.3, 0.4) is 0 Å². The number of amides is 1. The van der Waals surface area contributed by atoms with E-state index in [0.29, 0.717) is 10.6 Å². The van der Waals surface area contributed by atoms with Gasteiger partial charge in [0.15, 0.2) is 0 Å². The number of hydrogen-bond donors (Lipinski definition) is 2. The minimum atomic E-state index is -0.783. The van der Waals surface area contributed by atoms with Crippen LogP contribution in [0, 0.1) is 0 Å². The van der Waals surface area contributed by atoms with E-state index in [1.165, 1.54) is 0 Å². The molecule has 2 N–H and O–H groups in total. The van der Waals surface area contributed by atoms with E-state index in [9.17, 15) is 9.90 Å². The summed E-state index contributed by atoms with van der Waals surface area (Å²) in [7, 11) is 0. The molecule has 0 saturated carbocycles. The Kier molecular flexibility index (Phi) is 4.99. The highest BCUT2D eigenvalue weighted by Gasteiger charge is 2.17. The SMILES string of the molecule is CC(C)(C)OC(=O)NC[C@H](O)c1ccc(Cl)cc1. The van der Waals surface area contributed by atoms with Gasteiger partial charge < -0.3 is 15.2 Å². The van der Waals surface area contributed by atoms with Crippen molar-refractivity contribution in [3.8, 4) is 0 Å². The third-order valence-corrected chi connectivity index (χ3v) is 2.35. The standard InChI is InChI=1S/C13H18ClNO3/c1-13(2,3)18-12(17)15-8-11(16)9-4-6-10(14)7-5-9/h4-7,11,16H,8H2,1-3H3,(H,15,17)/t11-/m0/s1. The summed E-state index contributed by atoms with van der Waals surface area (Å²) in [6.45, 7) is 5.43. The van der Waals surface area contributed by atoms with Gasteiger partial charge in [-0.05, 0) is 38.5 Å². The third kappa shape index (κ3) is 5.38. The Labute approximate surface area is 112 Å². The Morgan fingerprint density at radius 3 is 2.44 bits per heavy atom. The lowest BCUT2D eigenvalue weighted by molar-refractivity contribution is 0.0492. The van der Waals surface area contributed by atoms with Crippen LogP contribution in [0.25, 0.3) is 0 Å². The van der Waals surface area contributed by atoms with Crippen molar-refractivity contribution in [2.75, 3.05) is 6.54 Å². The van der Waals surface area contributed by atoms with Crippen LogP contribution in [-0.2, 0) is 4.74 Å². The molecule has 0 fully saturated rings. The number of ether oxygens (including phenoxy) is 1. The van der Waals surface area contributed by atoms with Gasteiger partial charge in [0, 0.05) is 5.02 Å². The number of carbonyl (C=O) groups excluding carboxylic acids is 1. The molecule has 5 heteroatoms. The average molecular weight is 272 g/mol. The van der Waals surface area contributed by atoms with Gasteiger partial charge in [-0.15, -0.1) is 0 Å². The topological polar surface area (TPSA) is 58.6 Å². The van der Waals surface area contributed by atoms with E-state index >= 15 is 0 Å². The van der Waals surface area contributed by atoms with E-state index in [1.807, 2.05) is 0 Å². The molecule has 0 aliphatic carbocycles. The summed E-state index contributed by atoms with van der Waals surface area (Å²) in [6, 6.07) is 6.80. The average Bonchev–Trinajstić information content (AvgIpc) is 2.24. The summed E-state index contributed by atoms with van der Waals surface area (Å²) >= 11 is 5.75. The molecule has 1 rings (SSSR count). The van der Waals surface area contributed by atoms with Gasteiger partial charge in [-0.1, -0.05) is 23.7 Å². The van der Waals surface area contributed by atoms with Crippen molar-refractivity contribution in [3.63, 3.8) is 0 Å². The number of nitrogens with one attached hydrogen (secondary N) is 1. The van der Waals surface area contributed by atoms with Gasteiger partial charge in [0.25, 0.3) is 0 Å². The van der Waals surface area contributed by atoms with Gasteiger partial charge >= 0.3 is 6.09 Å². The van der Waals surface area contributed by atoms with E-state index < -0.39 is 17.8 Å². The summed E-state index contributed by atoms with van der Waals surface area (Å²) in [5, 5.41) is 13.0. The Hall–Kier alpha value is -1.26. The number of benzene rings is 1. The molecule has 1 aromatic carbocycles. The molecule has 0 heterocycles. The predicted octanol–water partition coefficient (Wildman–Crippen LogP) is 2.90. The minimum absolute atomic E-state index is 0.0938. The molecule has 0 unspecified atom stereocenters. The van der Waals surface area contributed by atoms with Crippen molar-refractivity contribution in [3.05, 3.63) is 34.9 Å². The molecule has 1 atom stereocenters. The highest BCUT2D eigenvalue weighted by molar-refractivity contribution is 6.30. The smallest absolute Gasteiger partial charge is 0.407 e. The second kappa shape index (κ2) is 6.07. The molecular formula is C13H18ClNO3. The first-order valence-electron chi connectivity index (χ1n) is 5.68. The minimum Gasteiger partial charge on any atom is -0.444 e. The first-order chi connectivity index (χ1) is 8.28. The summed E-state index contributed by atoms with van der Waals surface area (Å²) in [6.07, 6.45) is -1.33. The second-order valence-electron chi connectivity index (χ2n) is 4.95. The van der Waals surface area contributed by atoms with Gasteiger partial charge in [0.1, 0.15) is 5.60 Å². The van der Waals surface area contributed by atoms with Gasteiger partial charge in [-0.3, -0.25) is 0 Å². The number of rotatable bonds is 3. The van der Waals surface area contributed by atoms with Crippen molar-refractivity contribution < 1.29 is 14.6 Å². The number of aliphatic hydroxyl groups is 1. The molecule has 18 heavy (non-hydrogen) atoms. The maximum Gasteiger partial charge on any atom is 0.407 e. The van der Waals surface area contributed by atoms with Crippen molar-refractivity contribution in [1.82, 2.24) is 5.32 Å². The van der Waals surface area contributed by atoms with Crippen molar-refractivity contribution >= 4 is 17.7 Å². The summed E-state index contributed by atoms with van der Waals surface area (Å²) in [5.41, 5.74) is 0.144. The number of alkyl carbamates (subject to hydrolysis) is 1. The van der Waals surface area contributed by atoms with Crippen LogP contribution >= 0.6 is 11.6 Å². The third-order valence-electron chi connectivity index (χ3n) is 2.09. The number of hydrogen-bond acceptors (Lipinski definition) is 3. The van der Waals surface area contributed by atoms with Crippen molar-refractivity contribution in [2.45, 2.75) is 32.5 Å². The zero-order valence-electron chi connectivity index (χ0n) is 10.7. The summed E-state index contributed by atoms with van der Waals surface area (Å²) in [5.74, 6) is 0. The first kappa shape index (κ1) is 14.8. The Balaban J connectivity index is 2.44. The van der Waals surface area contributed by atoms with E-state index in [-0.39, 0.29) is 6.54 Å². The highest BCUT2D eigenvalue weighted by atomic mass is 35.5. The van der Waals surface area contributed by atoms with E-state index in [1.54, 1.807) is 45.0 Å². The second-order valence-corrected chi connectivity index (χ2v) is 5.39. The highest BCUT2D eigenvalue weighted by Crippen LogP contribution is 2.16. The quantitative estimate of drug-likeness (QED) is 0.889. The van der Waals surface area contributed by atoms with E-state index in [0.717, 1.165) is 0 Å². The maximum absolute atomic E-state index is 11.4. The molecule has 0 bridgehead atoms. The molecule has 1 aromatic rings. The largest absolute Gasteiger partial charge is 0.444 e. The van der Waals surface area contributed by atoms with E-state index in [4.69, 9.17) is 16.3 Å². The predicted molar refractivity (Wildman–Crippen MR) is 70.6 cm³/mol.